The highest BCUT2D eigenvalue weighted by Crippen LogP contribution is 2.45. The van der Waals surface area contributed by atoms with Crippen molar-refractivity contribution in [3.05, 3.63) is 91.8 Å². The maximum Gasteiger partial charge on any atom is 0.313 e. The second-order valence-electron chi connectivity index (χ2n) is 10.8. The molecule has 0 saturated carbocycles. The van der Waals surface area contributed by atoms with E-state index in [0.717, 1.165) is 27.6 Å². The minimum atomic E-state index is -0.517. The first kappa shape index (κ1) is 24.6. The second kappa shape index (κ2) is 9.08. The lowest BCUT2D eigenvalue weighted by Crippen LogP contribution is -2.33. The van der Waals surface area contributed by atoms with Crippen molar-refractivity contribution in [2.45, 2.75) is 64.6 Å². The van der Waals surface area contributed by atoms with Crippen molar-refractivity contribution >= 4 is 22.8 Å². The molecule has 1 aliphatic carbocycles. The molecule has 3 aromatic heterocycles. The molecule has 9 heteroatoms. The van der Waals surface area contributed by atoms with Crippen LogP contribution in [0.2, 0.25) is 0 Å². The number of hydrogen-bond donors (Lipinski definition) is 1. The van der Waals surface area contributed by atoms with E-state index in [2.05, 4.69) is 10.3 Å². The molecule has 5 heterocycles. The van der Waals surface area contributed by atoms with E-state index in [4.69, 9.17) is 9.72 Å². The molecular weight excluding hydrogens is 511 g/mol. The van der Waals surface area contributed by atoms with E-state index < -0.39 is 5.92 Å². The third kappa shape index (κ3) is 3.60. The summed E-state index contributed by atoms with van der Waals surface area (Å²) in [6.45, 7) is 3.90. The van der Waals surface area contributed by atoms with Crippen LogP contribution >= 0.6 is 0 Å². The summed E-state index contributed by atoms with van der Waals surface area (Å²) in [5, 5.41) is 4.07. The van der Waals surface area contributed by atoms with E-state index in [1.54, 1.807) is 23.9 Å². The summed E-state index contributed by atoms with van der Waals surface area (Å²) in [6, 6.07) is 6.64. The van der Waals surface area contributed by atoms with Gasteiger partial charge < -0.3 is 14.6 Å². The fourth-order valence-corrected chi connectivity index (χ4v) is 6.65. The number of carbonyl (C=O) groups is 2. The molecule has 2 aliphatic heterocycles. The van der Waals surface area contributed by atoms with Gasteiger partial charge in [-0.05, 0) is 72.2 Å². The first-order valence-corrected chi connectivity index (χ1v) is 13.6. The van der Waals surface area contributed by atoms with Crippen molar-refractivity contribution in [2.75, 3.05) is 0 Å². The van der Waals surface area contributed by atoms with Crippen molar-refractivity contribution < 1.29 is 18.7 Å². The largest absolute Gasteiger partial charge is 0.460 e. The molecule has 0 saturated heterocycles. The van der Waals surface area contributed by atoms with Crippen molar-refractivity contribution in [3.63, 3.8) is 0 Å². The average Bonchev–Trinajstić information content (AvgIpc) is 3.31. The zero-order valence-corrected chi connectivity index (χ0v) is 22.2. The highest BCUT2D eigenvalue weighted by atomic mass is 19.1. The number of halogens is 1. The predicted molar refractivity (Wildman–Crippen MR) is 145 cm³/mol. The molecule has 0 fully saturated rings. The Balaban J connectivity index is 1.40. The van der Waals surface area contributed by atoms with Crippen LogP contribution in [0.4, 0.5) is 4.39 Å². The van der Waals surface area contributed by atoms with E-state index in [0.29, 0.717) is 52.9 Å². The van der Waals surface area contributed by atoms with Gasteiger partial charge in [0, 0.05) is 29.4 Å². The lowest BCUT2D eigenvalue weighted by atomic mass is 9.81. The number of nitrogens with zero attached hydrogens (tertiary/aromatic N) is 3. The van der Waals surface area contributed by atoms with E-state index in [-0.39, 0.29) is 48.9 Å². The molecule has 4 aromatic rings. The number of cyclic esters (lactones) is 1. The Bertz CT molecular complexity index is 1810. The minimum absolute atomic E-state index is 0.0510. The number of pyridine rings is 3. The molecule has 7 rings (SSSR count). The minimum Gasteiger partial charge on any atom is -0.460 e. The summed E-state index contributed by atoms with van der Waals surface area (Å²) in [4.78, 5) is 48.3. The van der Waals surface area contributed by atoms with Crippen LogP contribution in [0.15, 0.2) is 41.5 Å². The maximum atomic E-state index is 15.1. The normalized spacial score (nSPS) is 18.6. The van der Waals surface area contributed by atoms with Gasteiger partial charge >= 0.3 is 5.97 Å². The van der Waals surface area contributed by atoms with Gasteiger partial charge in [-0.2, -0.15) is 0 Å². The Morgan fingerprint density at radius 3 is 2.75 bits per heavy atom. The van der Waals surface area contributed by atoms with Crippen LogP contribution in [0.25, 0.3) is 22.3 Å². The quantitative estimate of drug-likeness (QED) is 0.345. The van der Waals surface area contributed by atoms with Gasteiger partial charge in [0.25, 0.3) is 5.56 Å². The maximum absolute atomic E-state index is 15.1. The van der Waals surface area contributed by atoms with Gasteiger partial charge in [-0.25, -0.2) is 9.37 Å². The zero-order valence-electron chi connectivity index (χ0n) is 22.2. The van der Waals surface area contributed by atoms with Crippen LogP contribution in [0.1, 0.15) is 70.7 Å². The molecule has 8 nitrogen and oxygen atoms in total. The van der Waals surface area contributed by atoms with Crippen molar-refractivity contribution in [3.8, 4) is 11.4 Å². The molecule has 202 valence electrons. The fourth-order valence-electron chi connectivity index (χ4n) is 6.65. The fraction of sp³-hybridized carbons (Fsp3) is 0.323. The van der Waals surface area contributed by atoms with Gasteiger partial charge in [0.1, 0.15) is 12.4 Å². The number of esters is 1. The van der Waals surface area contributed by atoms with Crippen LogP contribution in [-0.4, -0.2) is 26.4 Å². The number of fused-ring (bicyclic) bond motifs is 5. The molecule has 2 unspecified atom stereocenters. The Morgan fingerprint density at radius 1 is 1.18 bits per heavy atom. The first-order valence-electron chi connectivity index (χ1n) is 13.6. The van der Waals surface area contributed by atoms with E-state index in [9.17, 15) is 14.4 Å². The van der Waals surface area contributed by atoms with Crippen LogP contribution in [0.5, 0.6) is 0 Å². The van der Waals surface area contributed by atoms with E-state index in [1.165, 1.54) is 6.07 Å². The smallest absolute Gasteiger partial charge is 0.313 e. The first-order chi connectivity index (χ1) is 19.4. The highest BCUT2D eigenvalue weighted by Gasteiger charge is 2.37. The number of aromatic nitrogens is 3. The van der Waals surface area contributed by atoms with Crippen LogP contribution in [0, 0.1) is 12.7 Å². The standard InChI is InChI=1S/C31H27FN4O4/c1-3-17-19-11-25-29-20(13-36(25)30(38)21(19)14-40-31(17)39)28-23(34-26(37)10-16-6-8-33-9-7-16)5-4-18-15(2)22(32)12-24(35-29)27(18)28/h6-9,11-12,17,23H,3-5,10,13-14H2,1-2H3,(H,34,37). The van der Waals surface area contributed by atoms with Crippen LogP contribution in [-0.2, 0) is 40.3 Å². The molecule has 3 aliphatic rings. The van der Waals surface area contributed by atoms with Crippen LogP contribution < -0.4 is 10.9 Å². The van der Waals surface area contributed by atoms with Crippen molar-refractivity contribution in [1.82, 2.24) is 19.9 Å². The SMILES string of the molecule is CCC1C(=O)OCc2c1cc1n(c2=O)Cc2c-1nc1cc(F)c(C)c3c1c2C(NC(=O)Cc1ccncc1)CC3. The Morgan fingerprint density at radius 2 is 1.98 bits per heavy atom. The lowest BCUT2D eigenvalue weighted by Gasteiger charge is -2.29. The number of aryl methyl sites for hydroxylation is 1. The van der Waals surface area contributed by atoms with Gasteiger partial charge in [-0.3, -0.25) is 19.4 Å². The van der Waals surface area contributed by atoms with Gasteiger partial charge in [0.15, 0.2) is 0 Å². The summed E-state index contributed by atoms with van der Waals surface area (Å²) in [7, 11) is 0. The Kier molecular flexibility index (Phi) is 5.59. The number of hydrogen-bond acceptors (Lipinski definition) is 6. The Labute approximate surface area is 229 Å². The Hall–Kier alpha value is -4.40. The highest BCUT2D eigenvalue weighted by molar-refractivity contribution is 5.94. The lowest BCUT2D eigenvalue weighted by molar-refractivity contribution is -0.148. The summed E-state index contributed by atoms with van der Waals surface area (Å²) < 4.78 is 22.1. The molecule has 1 N–H and O–H groups in total. The number of rotatable bonds is 4. The number of nitrogens with one attached hydrogen (secondary N) is 1. The zero-order chi connectivity index (χ0) is 27.7. The summed E-state index contributed by atoms with van der Waals surface area (Å²) in [6.07, 6.45) is 5.25. The number of benzene rings is 1. The molecule has 2 atom stereocenters. The molecule has 40 heavy (non-hydrogen) atoms. The average molecular weight is 539 g/mol. The number of carbonyl (C=O) groups excluding carboxylic acids is 2. The van der Waals surface area contributed by atoms with Gasteiger partial charge in [0.05, 0.1) is 47.4 Å². The summed E-state index contributed by atoms with van der Waals surface area (Å²) in [5.74, 6) is -1.30. The van der Waals surface area contributed by atoms with Crippen molar-refractivity contribution in [2.24, 2.45) is 0 Å². The second-order valence-corrected chi connectivity index (χ2v) is 10.8. The molecule has 1 aromatic carbocycles. The topological polar surface area (TPSA) is 103 Å². The van der Waals surface area contributed by atoms with E-state index in [1.807, 2.05) is 25.1 Å². The van der Waals surface area contributed by atoms with Crippen molar-refractivity contribution in [1.29, 1.82) is 0 Å². The number of ether oxygens (including phenoxy) is 1. The molecular formula is C31H27FN4O4. The molecule has 0 spiro atoms. The van der Waals surface area contributed by atoms with Gasteiger partial charge in [-0.1, -0.05) is 6.92 Å². The molecule has 1 amide bonds. The van der Waals surface area contributed by atoms with Gasteiger partial charge in [0.2, 0.25) is 5.91 Å². The third-order valence-electron chi connectivity index (χ3n) is 8.65. The monoisotopic (exact) mass is 538 g/mol. The number of amides is 1. The molecule has 0 radical (unpaired) electrons. The summed E-state index contributed by atoms with van der Waals surface area (Å²) >= 11 is 0. The summed E-state index contributed by atoms with van der Waals surface area (Å²) in [5.41, 5.74) is 6.77. The van der Waals surface area contributed by atoms with Crippen LogP contribution in [0.3, 0.4) is 0 Å². The third-order valence-corrected chi connectivity index (χ3v) is 8.65. The van der Waals surface area contributed by atoms with Gasteiger partial charge in [-0.15, -0.1) is 0 Å². The molecule has 0 bridgehead atoms. The predicted octanol–water partition coefficient (Wildman–Crippen LogP) is 4.16. The van der Waals surface area contributed by atoms with E-state index >= 15 is 4.39 Å².